The number of benzene rings is 1. The molecule has 3 aliphatic carbocycles. The lowest BCUT2D eigenvalue weighted by Crippen LogP contribution is -2.42. The third-order valence-corrected chi connectivity index (χ3v) is 6.67. The Labute approximate surface area is 131 Å². The van der Waals surface area contributed by atoms with E-state index in [4.69, 9.17) is 0 Å². The molecule has 0 saturated heterocycles. The minimum Gasteiger partial charge on any atom is -0.507 e. The zero-order valence-electron chi connectivity index (χ0n) is 12.9. The maximum absolute atomic E-state index is 12.3. The maximum atomic E-state index is 12.3. The van der Waals surface area contributed by atoms with Crippen molar-refractivity contribution in [2.45, 2.75) is 51.4 Å². The van der Waals surface area contributed by atoms with E-state index in [-0.39, 0.29) is 11.2 Å². The van der Waals surface area contributed by atoms with Crippen LogP contribution in [-0.2, 0) is 11.2 Å². The summed E-state index contributed by atoms with van der Waals surface area (Å²) in [6, 6.07) is 5.79. The van der Waals surface area contributed by atoms with Crippen LogP contribution in [0.25, 0.3) is 0 Å². The van der Waals surface area contributed by atoms with Crippen molar-refractivity contribution in [2.24, 2.45) is 17.3 Å². The molecule has 1 aromatic carbocycles. The van der Waals surface area contributed by atoms with Gasteiger partial charge in [-0.3, -0.25) is 4.79 Å². The molecule has 0 bridgehead atoms. The van der Waals surface area contributed by atoms with Crippen molar-refractivity contribution in [3.8, 4) is 11.8 Å². The van der Waals surface area contributed by atoms with E-state index >= 15 is 0 Å². The van der Waals surface area contributed by atoms with E-state index in [0.717, 1.165) is 38.5 Å². The third-order valence-electron chi connectivity index (χ3n) is 6.67. The summed E-state index contributed by atoms with van der Waals surface area (Å²) in [5.74, 6) is 2.10. The Morgan fingerprint density at radius 1 is 1.27 bits per heavy atom. The molecule has 4 atom stereocenters. The van der Waals surface area contributed by atoms with Crippen LogP contribution >= 0.6 is 0 Å². The summed E-state index contributed by atoms with van der Waals surface area (Å²) in [7, 11) is 0. The molecule has 3 aliphatic rings. The SMILES string of the molecule is C[C@]12CCC3c4cc(C#N)c(O)cc4CCC3C1CCC2=O. The number of phenols is 1. The van der Waals surface area contributed by atoms with Crippen molar-refractivity contribution in [2.75, 3.05) is 0 Å². The average molecular weight is 295 g/mol. The number of aryl methyl sites for hydroxylation is 1. The fraction of sp³-hybridized carbons (Fsp3) is 0.579. The van der Waals surface area contributed by atoms with Crippen molar-refractivity contribution >= 4 is 5.78 Å². The Morgan fingerprint density at radius 3 is 2.86 bits per heavy atom. The first-order valence-electron chi connectivity index (χ1n) is 8.34. The number of nitrogens with zero attached hydrogens (tertiary/aromatic N) is 1. The Morgan fingerprint density at radius 2 is 2.09 bits per heavy atom. The molecule has 0 heterocycles. The Kier molecular flexibility index (Phi) is 2.88. The van der Waals surface area contributed by atoms with Crippen molar-refractivity contribution in [1.29, 1.82) is 5.26 Å². The van der Waals surface area contributed by atoms with Crippen LogP contribution < -0.4 is 0 Å². The molecule has 0 aromatic heterocycles. The summed E-state index contributed by atoms with van der Waals surface area (Å²) >= 11 is 0. The number of carbonyl (C=O) groups is 1. The highest BCUT2D eigenvalue weighted by Crippen LogP contribution is 2.59. The van der Waals surface area contributed by atoms with Crippen LogP contribution in [0.5, 0.6) is 5.75 Å². The molecule has 0 spiro atoms. The zero-order chi connectivity index (χ0) is 15.5. The first kappa shape index (κ1) is 13.8. The highest BCUT2D eigenvalue weighted by Gasteiger charge is 2.54. The summed E-state index contributed by atoms with van der Waals surface area (Å²) in [6.45, 7) is 2.18. The summed E-state index contributed by atoms with van der Waals surface area (Å²) in [4.78, 5) is 12.3. The van der Waals surface area contributed by atoms with Crippen LogP contribution in [0.1, 0.15) is 61.6 Å². The summed E-state index contributed by atoms with van der Waals surface area (Å²) < 4.78 is 0. The van der Waals surface area contributed by atoms with E-state index in [2.05, 4.69) is 13.0 Å². The third kappa shape index (κ3) is 1.70. The van der Waals surface area contributed by atoms with E-state index in [0.29, 0.717) is 29.1 Å². The molecule has 1 N–H and O–H groups in total. The number of phenolic OH excluding ortho intramolecular Hbond substituents is 1. The van der Waals surface area contributed by atoms with E-state index < -0.39 is 0 Å². The number of rotatable bonds is 0. The lowest BCUT2D eigenvalue weighted by molar-refractivity contribution is -0.129. The first-order valence-corrected chi connectivity index (χ1v) is 8.34. The predicted molar refractivity (Wildman–Crippen MR) is 82.4 cm³/mol. The highest BCUT2D eigenvalue weighted by atomic mass is 16.3. The largest absolute Gasteiger partial charge is 0.507 e. The molecule has 2 saturated carbocycles. The van der Waals surface area contributed by atoms with Gasteiger partial charge in [0.15, 0.2) is 0 Å². The van der Waals surface area contributed by atoms with Gasteiger partial charge in [0.1, 0.15) is 17.6 Å². The van der Waals surface area contributed by atoms with Crippen molar-refractivity contribution in [1.82, 2.24) is 0 Å². The normalized spacial score (nSPS) is 36.2. The number of nitriles is 1. The molecule has 2 fully saturated rings. The van der Waals surface area contributed by atoms with Gasteiger partial charge in [-0.25, -0.2) is 0 Å². The zero-order valence-corrected chi connectivity index (χ0v) is 12.9. The maximum Gasteiger partial charge on any atom is 0.139 e. The smallest absolute Gasteiger partial charge is 0.139 e. The molecule has 1 aromatic rings. The highest BCUT2D eigenvalue weighted by molar-refractivity contribution is 5.87. The van der Waals surface area contributed by atoms with Gasteiger partial charge in [-0.05, 0) is 73.1 Å². The number of hydrogen-bond acceptors (Lipinski definition) is 3. The van der Waals surface area contributed by atoms with Gasteiger partial charge in [-0.1, -0.05) is 6.92 Å². The van der Waals surface area contributed by atoms with Crippen molar-refractivity contribution in [3.05, 3.63) is 28.8 Å². The van der Waals surface area contributed by atoms with Crippen LogP contribution in [0.4, 0.5) is 0 Å². The molecule has 22 heavy (non-hydrogen) atoms. The van der Waals surface area contributed by atoms with Gasteiger partial charge in [0, 0.05) is 11.8 Å². The number of aromatic hydroxyl groups is 1. The molecule has 3 nitrogen and oxygen atoms in total. The molecule has 0 amide bonds. The Bertz CT molecular complexity index is 702. The summed E-state index contributed by atoms with van der Waals surface area (Å²) in [6.07, 6.45) is 5.85. The molecule has 4 rings (SSSR count). The van der Waals surface area contributed by atoms with Gasteiger partial charge in [0.25, 0.3) is 0 Å². The number of hydrogen-bond donors (Lipinski definition) is 1. The van der Waals surface area contributed by atoms with Gasteiger partial charge in [-0.2, -0.15) is 5.26 Å². The van der Waals surface area contributed by atoms with Gasteiger partial charge in [0.05, 0.1) is 5.56 Å². The Hall–Kier alpha value is -1.82. The van der Waals surface area contributed by atoms with Crippen LogP contribution in [0, 0.1) is 28.6 Å². The standard InChI is InChI=1S/C19H21NO2/c1-19-7-6-13-14(16(19)4-5-18(19)22)3-2-11-9-17(21)12(10-20)8-15(11)13/h8-9,13-14,16,21H,2-7H2,1H3/t13?,14?,16?,19-/m0/s1. The van der Waals surface area contributed by atoms with Gasteiger partial charge in [0.2, 0.25) is 0 Å². The minimum atomic E-state index is -0.104. The number of carbonyl (C=O) groups excluding carboxylic acids is 1. The second kappa shape index (κ2) is 4.59. The lowest BCUT2D eigenvalue weighted by Gasteiger charge is -2.48. The van der Waals surface area contributed by atoms with Crippen LogP contribution in [0.2, 0.25) is 0 Å². The predicted octanol–water partition coefficient (Wildman–Crippen LogP) is 3.69. The average Bonchev–Trinajstić information content (AvgIpc) is 2.82. The molecule has 3 heteroatoms. The topological polar surface area (TPSA) is 61.1 Å². The minimum absolute atomic E-state index is 0.104. The number of Topliss-reactive ketones (excluding diaryl/α,β-unsaturated/α-hetero) is 1. The molecular formula is C19H21NO2. The quantitative estimate of drug-likeness (QED) is 0.794. The first-order chi connectivity index (χ1) is 10.5. The monoisotopic (exact) mass is 295 g/mol. The molecule has 114 valence electrons. The van der Waals surface area contributed by atoms with Gasteiger partial charge < -0.3 is 5.11 Å². The van der Waals surface area contributed by atoms with Crippen molar-refractivity contribution in [3.63, 3.8) is 0 Å². The molecule has 3 unspecified atom stereocenters. The van der Waals surface area contributed by atoms with Crippen LogP contribution in [0.15, 0.2) is 12.1 Å². The summed E-state index contributed by atoms with van der Waals surface area (Å²) in [5, 5.41) is 19.1. The van der Waals surface area contributed by atoms with Gasteiger partial charge in [-0.15, -0.1) is 0 Å². The van der Waals surface area contributed by atoms with Crippen LogP contribution in [0.3, 0.4) is 0 Å². The van der Waals surface area contributed by atoms with E-state index in [1.807, 2.05) is 6.07 Å². The van der Waals surface area contributed by atoms with E-state index in [1.54, 1.807) is 6.07 Å². The molecule has 0 radical (unpaired) electrons. The fourth-order valence-electron chi connectivity index (χ4n) is 5.47. The molecule has 0 aliphatic heterocycles. The molecular weight excluding hydrogens is 274 g/mol. The number of ketones is 1. The lowest BCUT2D eigenvalue weighted by atomic mass is 9.55. The number of fused-ring (bicyclic) bond motifs is 5. The Balaban J connectivity index is 1.76. The fourth-order valence-corrected chi connectivity index (χ4v) is 5.47. The van der Waals surface area contributed by atoms with E-state index in [1.165, 1.54) is 11.1 Å². The second-order valence-corrected chi connectivity index (χ2v) is 7.51. The van der Waals surface area contributed by atoms with Gasteiger partial charge >= 0.3 is 0 Å². The second-order valence-electron chi connectivity index (χ2n) is 7.51. The summed E-state index contributed by atoms with van der Waals surface area (Å²) in [5.41, 5.74) is 2.74. The van der Waals surface area contributed by atoms with E-state index in [9.17, 15) is 15.2 Å². The van der Waals surface area contributed by atoms with Crippen molar-refractivity contribution < 1.29 is 9.90 Å². The van der Waals surface area contributed by atoms with Crippen LogP contribution in [-0.4, -0.2) is 10.9 Å².